The quantitative estimate of drug-likeness (QED) is 0.594. The summed E-state index contributed by atoms with van der Waals surface area (Å²) in [5.74, 6) is -0.211. The zero-order valence-corrected chi connectivity index (χ0v) is 16.5. The van der Waals surface area contributed by atoms with Gasteiger partial charge in [-0.1, -0.05) is 28.1 Å². The van der Waals surface area contributed by atoms with Gasteiger partial charge in [-0.05, 0) is 41.5 Å². The van der Waals surface area contributed by atoms with Crippen molar-refractivity contribution < 1.29 is 17.9 Å². The number of hydrogen-bond donors (Lipinski definition) is 2. The van der Waals surface area contributed by atoms with Crippen LogP contribution in [0.3, 0.4) is 0 Å². The molecular formula is C20H19BrF3N3O. The van der Waals surface area contributed by atoms with E-state index in [4.69, 9.17) is 0 Å². The minimum atomic E-state index is -4.69. The molecule has 4 rings (SSSR count). The molecule has 1 saturated heterocycles. The van der Waals surface area contributed by atoms with Crippen molar-refractivity contribution >= 4 is 26.8 Å². The van der Waals surface area contributed by atoms with Crippen LogP contribution in [0.5, 0.6) is 5.75 Å². The van der Waals surface area contributed by atoms with Crippen LogP contribution in [0.4, 0.5) is 13.2 Å². The number of aromatic nitrogens is 1. The first-order chi connectivity index (χ1) is 13.4. The Bertz CT molecular complexity index is 949. The summed E-state index contributed by atoms with van der Waals surface area (Å²) in [6.45, 7) is 3.45. The maximum absolute atomic E-state index is 12.5. The van der Waals surface area contributed by atoms with Gasteiger partial charge in [-0.15, -0.1) is 13.2 Å². The number of H-pyrrole nitrogens is 1. The highest BCUT2D eigenvalue weighted by molar-refractivity contribution is 9.10. The van der Waals surface area contributed by atoms with E-state index in [0.717, 1.165) is 52.7 Å². The molecule has 148 valence electrons. The van der Waals surface area contributed by atoms with Crippen LogP contribution in [-0.2, 0) is 0 Å². The van der Waals surface area contributed by atoms with Crippen molar-refractivity contribution in [1.29, 1.82) is 0 Å². The highest BCUT2D eigenvalue weighted by Gasteiger charge is 2.31. The Morgan fingerprint density at radius 2 is 1.75 bits per heavy atom. The number of benzene rings is 2. The van der Waals surface area contributed by atoms with Crippen LogP contribution < -0.4 is 10.1 Å². The van der Waals surface area contributed by atoms with Crippen LogP contribution >= 0.6 is 15.9 Å². The van der Waals surface area contributed by atoms with Gasteiger partial charge in [-0.2, -0.15) is 0 Å². The zero-order chi connectivity index (χ0) is 19.7. The van der Waals surface area contributed by atoms with Gasteiger partial charge >= 0.3 is 6.36 Å². The summed E-state index contributed by atoms with van der Waals surface area (Å²) in [5, 5.41) is 4.44. The van der Waals surface area contributed by atoms with Crippen LogP contribution in [-0.4, -0.2) is 42.4 Å². The van der Waals surface area contributed by atoms with E-state index >= 15 is 0 Å². The molecule has 1 aliphatic heterocycles. The van der Waals surface area contributed by atoms with Gasteiger partial charge in [0.05, 0.1) is 6.04 Å². The molecule has 0 unspecified atom stereocenters. The van der Waals surface area contributed by atoms with Crippen LogP contribution in [0.1, 0.15) is 17.2 Å². The molecule has 1 aromatic heterocycles. The van der Waals surface area contributed by atoms with Gasteiger partial charge in [0.25, 0.3) is 0 Å². The Balaban J connectivity index is 1.74. The largest absolute Gasteiger partial charge is 0.573 e. The standard InChI is InChI=1S/C20H19BrF3N3O/c21-14-3-6-18-16(11-14)17(12-26-18)19(27-9-7-25-8-10-27)13-1-4-15(5-2-13)28-20(22,23)24/h1-6,11-12,19,25-26H,7-10H2/t19-/m1/s1. The number of hydrogen-bond acceptors (Lipinski definition) is 3. The fourth-order valence-corrected chi connectivity index (χ4v) is 4.08. The normalized spacial score (nSPS) is 17.0. The molecular weight excluding hydrogens is 435 g/mol. The molecule has 2 heterocycles. The van der Waals surface area contributed by atoms with Crippen molar-refractivity contribution in [3.05, 3.63) is 64.3 Å². The van der Waals surface area contributed by atoms with E-state index in [-0.39, 0.29) is 11.8 Å². The number of nitrogens with one attached hydrogen (secondary N) is 2. The molecule has 0 saturated carbocycles. The third-order valence-corrected chi connectivity index (χ3v) is 5.41. The molecule has 1 atom stereocenters. The third-order valence-electron chi connectivity index (χ3n) is 4.92. The average Bonchev–Trinajstić information content (AvgIpc) is 3.06. The molecule has 0 amide bonds. The fraction of sp³-hybridized carbons (Fsp3) is 0.300. The number of rotatable bonds is 4. The van der Waals surface area contributed by atoms with Crippen molar-refractivity contribution in [1.82, 2.24) is 15.2 Å². The Morgan fingerprint density at radius 3 is 2.43 bits per heavy atom. The van der Waals surface area contributed by atoms with Gasteiger partial charge in [-0.25, -0.2) is 0 Å². The number of alkyl halides is 3. The van der Waals surface area contributed by atoms with Gasteiger partial charge < -0.3 is 15.0 Å². The first-order valence-corrected chi connectivity index (χ1v) is 9.77. The highest BCUT2D eigenvalue weighted by atomic mass is 79.9. The van der Waals surface area contributed by atoms with Crippen LogP contribution in [0, 0.1) is 0 Å². The Labute approximate surface area is 168 Å². The minimum Gasteiger partial charge on any atom is -0.406 e. The number of fused-ring (bicyclic) bond motifs is 1. The van der Waals surface area contributed by atoms with Crippen molar-refractivity contribution in [3.63, 3.8) is 0 Å². The number of aromatic amines is 1. The third kappa shape index (κ3) is 4.19. The van der Waals surface area contributed by atoms with Crippen LogP contribution in [0.25, 0.3) is 10.9 Å². The topological polar surface area (TPSA) is 40.3 Å². The smallest absolute Gasteiger partial charge is 0.406 e. The van der Waals surface area contributed by atoms with E-state index in [0.29, 0.717) is 0 Å². The lowest BCUT2D eigenvalue weighted by Crippen LogP contribution is -2.45. The first-order valence-electron chi connectivity index (χ1n) is 8.98. The van der Waals surface area contributed by atoms with Crippen molar-refractivity contribution in [2.45, 2.75) is 12.4 Å². The van der Waals surface area contributed by atoms with Crippen molar-refractivity contribution in [3.8, 4) is 5.75 Å². The van der Waals surface area contributed by atoms with E-state index in [2.05, 4.69) is 41.9 Å². The number of nitrogens with zero attached hydrogens (tertiary/aromatic N) is 1. The van der Waals surface area contributed by atoms with Crippen LogP contribution in [0.2, 0.25) is 0 Å². The molecule has 2 aromatic carbocycles. The summed E-state index contributed by atoms with van der Waals surface area (Å²) in [5.41, 5.74) is 3.05. The van der Waals surface area contributed by atoms with Crippen molar-refractivity contribution in [2.75, 3.05) is 26.2 Å². The summed E-state index contributed by atoms with van der Waals surface area (Å²) in [7, 11) is 0. The molecule has 0 bridgehead atoms. The van der Waals surface area contributed by atoms with E-state index in [1.54, 1.807) is 12.1 Å². The Hall–Kier alpha value is -2.03. The summed E-state index contributed by atoms with van der Waals surface area (Å²) >= 11 is 3.53. The van der Waals surface area contributed by atoms with Gasteiger partial charge in [0.15, 0.2) is 0 Å². The highest BCUT2D eigenvalue weighted by Crippen LogP contribution is 2.36. The van der Waals surface area contributed by atoms with Crippen LogP contribution in [0.15, 0.2) is 53.1 Å². The summed E-state index contributed by atoms with van der Waals surface area (Å²) < 4.78 is 42.4. The van der Waals surface area contributed by atoms with Gasteiger partial charge in [0.2, 0.25) is 0 Å². The lowest BCUT2D eigenvalue weighted by Gasteiger charge is -2.35. The second-order valence-electron chi connectivity index (χ2n) is 6.74. The summed E-state index contributed by atoms with van der Waals surface area (Å²) in [6, 6.07) is 12.2. The van der Waals surface area contributed by atoms with E-state index in [9.17, 15) is 13.2 Å². The fourth-order valence-electron chi connectivity index (χ4n) is 3.72. The van der Waals surface area contributed by atoms with Gasteiger partial charge in [-0.3, -0.25) is 4.90 Å². The Morgan fingerprint density at radius 1 is 1.04 bits per heavy atom. The summed E-state index contributed by atoms with van der Waals surface area (Å²) in [6.07, 6.45) is -2.70. The second kappa shape index (κ2) is 7.77. The molecule has 8 heteroatoms. The first kappa shape index (κ1) is 19.3. The second-order valence-corrected chi connectivity index (χ2v) is 7.65. The molecule has 2 N–H and O–H groups in total. The molecule has 0 radical (unpaired) electrons. The minimum absolute atomic E-state index is 0.0647. The zero-order valence-electron chi connectivity index (χ0n) is 14.9. The number of halogens is 4. The molecule has 0 spiro atoms. The summed E-state index contributed by atoms with van der Waals surface area (Å²) in [4.78, 5) is 5.66. The lowest BCUT2D eigenvalue weighted by atomic mass is 9.96. The average molecular weight is 454 g/mol. The maximum Gasteiger partial charge on any atom is 0.573 e. The van der Waals surface area contributed by atoms with E-state index in [1.165, 1.54) is 12.1 Å². The monoisotopic (exact) mass is 453 g/mol. The molecule has 3 aromatic rings. The molecule has 28 heavy (non-hydrogen) atoms. The lowest BCUT2D eigenvalue weighted by molar-refractivity contribution is -0.274. The van der Waals surface area contributed by atoms with E-state index < -0.39 is 6.36 Å². The SMILES string of the molecule is FC(F)(F)Oc1ccc([C@H](c2c[nH]c3ccc(Br)cc23)N2CCNCC2)cc1. The number of piperazine rings is 1. The molecule has 4 nitrogen and oxygen atoms in total. The van der Waals surface area contributed by atoms with Crippen molar-refractivity contribution in [2.24, 2.45) is 0 Å². The van der Waals surface area contributed by atoms with Gasteiger partial charge in [0.1, 0.15) is 5.75 Å². The van der Waals surface area contributed by atoms with E-state index in [1.807, 2.05) is 18.3 Å². The predicted molar refractivity (Wildman–Crippen MR) is 105 cm³/mol. The number of ether oxygens (including phenoxy) is 1. The predicted octanol–water partition coefficient (Wildman–Crippen LogP) is 4.82. The molecule has 1 fully saturated rings. The van der Waals surface area contributed by atoms with Gasteiger partial charge in [0, 0.05) is 47.8 Å². The molecule has 0 aliphatic carbocycles. The molecule has 1 aliphatic rings. The Kier molecular flexibility index (Phi) is 5.35. The maximum atomic E-state index is 12.5.